The van der Waals surface area contributed by atoms with Crippen LogP contribution < -0.4 is 0 Å². The molecule has 0 saturated heterocycles. The highest BCUT2D eigenvalue weighted by molar-refractivity contribution is 14.1. The minimum atomic E-state index is 0.119. The molecule has 3 heteroatoms. The van der Waals surface area contributed by atoms with Crippen LogP contribution in [0.3, 0.4) is 0 Å². The van der Waals surface area contributed by atoms with Gasteiger partial charge in [-0.05, 0) is 41.1 Å². The lowest BCUT2D eigenvalue weighted by molar-refractivity contribution is 0.0792. The van der Waals surface area contributed by atoms with E-state index in [1.165, 1.54) is 0 Å². The van der Waals surface area contributed by atoms with Crippen molar-refractivity contribution in [3.8, 4) is 0 Å². The van der Waals surface area contributed by atoms with Crippen molar-refractivity contribution in [2.24, 2.45) is 0 Å². The quantitative estimate of drug-likeness (QED) is 0.781. The number of nitrogens with zero attached hydrogens (tertiary/aromatic N) is 1. The van der Waals surface area contributed by atoms with E-state index in [2.05, 4.69) is 29.5 Å². The summed E-state index contributed by atoms with van der Waals surface area (Å²) in [5.41, 5.74) is 0.803. The molecule has 1 aromatic rings. The van der Waals surface area contributed by atoms with Crippen LogP contribution in [0.25, 0.3) is 0 Å². The van der Waals surface area contributed by atoms with Gasteiger partial charge in [-0.2, -0.15) is 0 Å². The third kappa shape index (κ3) is 3.48. The lowest BCUT2D eigenvalue weighted by atomic mass is 10.2. The normalized spacial score (nSPS) is 10.1. The van der Waals surface area contributed by atoms with Crippen molar-refractivity contribution < 1.29 is 4.79 Å². The van der Waals surface area contributed by atoms with Crippen LogP contribution in [-0.4, -0.2) is 24.4 Å². The molecule has 0 aliphatic carbocycles. The van der Waals surface area contributed by atoms with E-state index >= 15 is 0 Å². The van der Waals surface area contributed by atoms with Gasteiger partial charge in [0, 0.05) is 17.2 Å². The number of hydrogen-bond acceptors (Lipinski definition) is 1. The largest absolute Gasteiger partial charge is 0.342 e. The van der Waals surface area contributed by atoms with E-state index in [4.69, 9.17) is 0 Å². The molecule has 1 aromatic carbocycles. The summed E-state index contributed by atoms with van der Waals surface area (Å²) in [7, 11) is 1.86. The second-order valence-electron chi connectivity index (χ2n) is 3.56. The Hall–Kier alpha value is -0.580. The molecule has 1 rings (SSSR count). The topological polar surface area (TPSA) is 20.3 Å². The van der Waals surface area contributed by atoms with Crippen LogP contribution in [0.5, 0.6) is 0 Å². The van der Waals surface area contributed by atoms with Crippen LogP contribution >= 0.6 is 22.6 Å². The maximum atomic E-state index is 12.0. The van der Waals surface area contributed by atoms with Crippen LogP contribution in [0, 0.1) is 3.57 Å². The molecule has 0 bridgehead atoms. The van der Waals surface area contributed by atoms with Gasteiger partial charge in [-0.15, -0.1) is 0 Å². The predicted molar refractivity (Wildman–Crippen MR) is 71.0 cm³/mol. The number of carbonyl (C=O) groups excluding carboxylic acids is 1. The van der Waals surface area contributed by atoms with Gasteiger partial charge in [0.25, 0.3) is 5.91 Å². The van der Waals surface area contributed by atoms with Crippen molar-refractivity contribution in [2.75, 3.05) is 13.6 Å². The predicted octanol–water partition coefficient (Wildman–Crippen LogP) is 3.16. The summed E-state index contributed by atoms with van der Waals surface area (Å²) < 4.78 is 1.02. The average molecular weight is 317 g/mol. The Morgan fingerprint density at radius 3 is 2.67 bits per heavy atom. The van der Waals surface area contributed by atoms with E-state index in [0.717, 1.165) is 28.5 Å². The molecule has 0 aliphatic heterocycles. The van der Waals surface area contributed by atoms with Gasteiger partial charge in [-0.3, -0.25) is 4.79 Å². The van der Waals surface area contributed by atoms with Gasteiger partial charge in [0.1, 0.15) is 0 Å². The number of halogens is 1. The summed E-state index contributed by atoms with van der Waals surface area (Å²) in [5, 5.41) is 0. The fourth-order valence-corrected chi connectivity index (χ4v) is 1.96. The number of rotatable bonds is 4. The van der Waals surface area contributed by atoms with E-state index in [0.29, 0.717) is 0 Å². The van der Waals surface area contributed by atoms with E-state index in [1.807, 2.05) is 31.3 Å². The first-order chi connectivity index (χ1) is 7.16. The van der Waals surface area contributed by atoms with Gasteiger partial charge >= 0.3 is 0 Å². The van der Waals surface area contributed by atoms with Crippen molar-refractivity contribution in [1.29, 1.82) is 0 Å². The number of carbonyl (C=O) groups is 1. The second-order valence-corrected chi connectivity index (χ2v) is 4.72. The van der Waals surface area contributed by atoms with Crippen LogP contribution in [-0.2, 0) is 0 Å². The average Bonchev–Trinajstić information content (AvgIpc) is 2.25. The molecule has 0 aromatic heterocycles. The SMILES string of the molecule is CCCCN(C)C(=O)c1ccccc1I. The van der Waals surface area contributed by atoms with Crippen LogP contribution in [0.15, 0.2) is 24.3 Å². The Morgan fingerprint density at radius 2 is 2.07 bits per heavy atom. The third-order valence-corrected chi connectivity index (χ3v) is 3.24. The lowest BCUT2D eigenvalue weighted by Gasteiger charge is -2.17. The first kappa shape index (κ1) is 12.5. The van der Waals surface area contributed by atoms with E-state index < -0.39 is 0 Å². The lowest BCUT2D eigenvalue weighted by Crippen LogP contribution is -2.28. The molecule has 82 valence electrons. The molecule has 0 heterocycles. The van der Waals surface area contributed by atoms with Gasteiger partial charge < -0.3 is 4.90 Å². The van der Waals surface area contributed by atoms with E-state index in [1.54, 1.807) is 4.90 Å². The van der Waals surface area contributed by atoms with E-state index in [9.17, 15) is 4.79 Å². The molecule has 0 aliphatic rings. The van der Waals surface area contributed by atoms with Gasteiger partial charge in [0.15, 0.2) is 0 Å². The van der Waals surface area contributed by atoms with Gasteiger partial charge in [0.2, 0.25) is 0 Å². The summed E-state index contributed by atoms with van der Waals surface area (Å²) in [6, 6.07) is 7.70. The molecule has 0 radical (unpaired) electrons. The highest BCUT2D eigenvalue weighted by Crippen LogP contribution is 2.13. The van der Waals surface area contributed by atoms with Crippen molar-refractivity contribution in [3.05, 3.63) is 33.4 Å². The van der Waals surface area contributed by atoms with Crippen molar-refractivity contribution >= 4 is 28.5 Å². The minimum absolute atomic E-state index is 0.119. The Morgan fingerprint density at radius 1 is 1.40 bits per heavy atom. The van der Waals surface area contributed by atoms with Crippen molar-refractivity contribution in [1.82, 2.24) is 4.90 Å². The molecule has 0 spiro atoms. The number of unbranched alkanes of at least 4 members (excludes halogenated alkanes) is 1. The smallest absolute Gasteiger partial charge is 0.254 e. The van der Waals surface area contributed by atoms with Gasteiger partial charge in [-0.25, -0.2) is 0 Å². The first-order valence-electron chi connectivity index (χ1n) is 5.16. The van der Waals surface area contributed by atoms with Gasteiger partial charge in [0.05, 0.1) is 5.56 Å². The molecule has 0 N–H and O–H groups in total. The summed E-state index contributed by atoms with van der Waals surface area (Å²) in [6.07, 6.45) is 2.18. The summed E-state index contributed by atoms with van der Waals surface area (Å²) in [5.74, 6) is 0.119. The molecule has 2 nitrogen and oxygen atoms in total. The molecule has 15 heavy (non-hydrogen) atoms. The minimum Gasteiger partial charge on any atom is -0.342 e. The van der Waals surface area contributed by atoms with Crippen LogP contribution in [0.4, 0.5) is 0 Å². The zero-order valence-electron chi connectivity index (χ0n) is 9.16. The highest BCUT2D eigenvalue weighted by Gasteiger charge is 2.13. The molecule has 1 amide bonds. The first-order valence-corrected chi connectivity index (χ1v) is 6.24. The zero-order chi connectivity index (χ0) is 11.3. The Labute approximate surface area is 105 Å². The molecule has 0 unspecified atom stereocenters. The maximum Gasteiger partial charge on any atom is 0.254 e. The summed E-state index contributed by atoms with van der Waals surface area (Å²) in [4.78, 5) is 13.8. The van der Waals surface area contributed by atoms with Gasteiger partial charge in [-0.1, -0.05) is 25.5 Å². The third-order valence-electron chi connectivity index (χ3n) is 2.30. The standard InChI is InChI=1S/C12H16INO/c1-3-4-9-14(2)12(15)10-7-5-6-8-11(10)13/h5-8H,3-4,9H2,1-2H3. The van der Waals surface area contributed by atoms with Crippen molar-refractivity contribution in [3.63, 3.8) is 0 Å². The monoisotopic (exact) mass is 317 g/mol. The van der Waals surface area contributed by atoms with Crippen LogP contribution in [0.2, 0.25) is 0 Å². The Bertz CT molecular complexity index is 338. The zero-order valence-corrected chi connectivity index (χ0v) is 11.3. The Kier molecular flexibility index (Phi) is 5.08. The molecule has 0 fully saturated rings. The molecular formula is C12H16INO. The Balaban J connectivity index is 2.72. The fourth-order valence-electron chi connectivity index (χ4n) is 1.34. The summed E-state index contributed by atoms with van der Waals surface area (Å²) in [6.45, 7) is 2.96. The number of hydrogen-bond donors (Lipinski definition) is 0. The number of amides is 1. The number of benzene rings is 1. The fraction of sp³-hybridized carbons (Fsp3) is 0.417. The molecule has 0 saturated carbocycles. The van der Waals surface area contributed by atoms with Crippen LogP contribution in [0.1, 0.15) is 30.1 Å². The van der Waals surface area contributed by atoms with E-state index in [-0.39, 0.29) is 5.91 Å². The maximum absolute atomic E-state index is 12.0. The molecular weight excluding hydrogens is 301 g/mol. The second kappa shape index (κ2) is 6.10. The molecule has 0 atom stereocenters. The van der Waals surface area contributed by atoms with Crippen molar-refractivity contribution in [2.45, 2.75) is 19.8 Å². The highest BCUT2D eigenvalue weighted by atomic mass is 127. The summed E-state index contributed by atoms with van der Waals surface area (Å²) >= 11 is 2.20.